The minimum absolute atomic E-state index is 0.181. The minimum Gasteiger partial charge on any atom is -0.435 e. The first-order chi connectivity index (χ1) is 11.7. The lowest BCUT2D eigenvalue weighted by atomic mass is 9.87. The molecule has 0 bridgehead atoms. The molecule has 5 heteroatoms. The Morgan fingerprint density at radius 2 is 2.12 bits per heavy atom. The largest absolute Gasteiger partial charge is 0.435 e. The third kappa shape index (κ3) is 3.90. The third-order valence-corrected chi connectivity index (χ3v) is 4.26. The number of hydrogen-bond donors (Lipinski definition) is 1. The fraction of sp³-hybridized carbons (Fsp3) is 0.316. The molecule has 0 radical (unpaired) electrons. The zero-order valence-electron chi connectivity index (χ0n) is 13.1. The molecule has 124 valence electrons. The van der Waals surface area contributed by atoms with Crippen molar-refractivity contribution in [2.24, 2.45) is 0 Å². The Bertz CT molecular complexity index is 755. The van der Waals surface area contributed by atoms with Gasteiger partial charge in [0, 0.05) is 12.6 Å². The lowest BCUT2D eigenvalue weighted by Crippen LogP contribution is -2.25. The number of ether oxygens (including phenoxy) is 1. The van der Waals surface area contributed by atoms with E-state index in [1.54, 1.807) is 18.2 Å². The lowest BCUT2D eigenvalue weighted by Gasteiger charge is -2.27. The maximum Gasteiger partial charge on any atom is 0.387 e. The van der Waals surface area contributed by atoms with Gasteiger partial charge in [-0.15, -0.1) is 0 Å². The van der Waals surface area contributed by atoms with Gasteiger partial charge in [-0.25, -0.2) is 0 Å². The molecule has 2 aromatic rings. The van der Waals surface area contributed by atoms with E-state index in [9.17, 15) is 8.78 Å². The highest BCUT2D eigenvalue weighted by molar-refractivity contribution is 5.39. The van der Waals surface area contributed by atoms with E-state index >= 15 is 0 Å². The smallest absolute Gasteiger partial charge is 0.387 e. The second-order valence-corrected chi connectivity index (χ2v) is 5.88. The SMILES string of the molecule is N#Cc1cccc(CNC2CCCc3cc(OC(F)F)ccc32)c1. The van der Waals surface area contributed by atoms with Gasteiger partial charge in [0.05, 0.1) is 11.6 Å². The normalized spacial score (nSPS) is 16.5. The summed E-state index contributed by atoms with van der Waals surface area (Å²) in [4.78, 5) is 0. The molecule has 0 spiro atoms. The molecule has 24 heavy (non-hydrogen) atoms. The molecule has 1 unspecified atom stereocenters. The number of hydrogen-bond acceptors (Lipinski definition) is 3. The van der Waals surface area contributed by atoms with Crippen LogP contribution in [0.15, 0.2) is 42.5 Å². The van der Waals surface area contributed by atoms with E-state index in [1.807, 2.05) is 24.3 Å². The average molecular weight is 328 g/mol. The summed E-state index contributed by atoms with van der Waals surface area (Å²) in [6.07, 6.45) is 2.87. The average Bonchev–Trinajstić information content (AvgIpc) is 2.59. The topological polar surface area (TPSA) is 45.0 Å². The summed E-state index contributed by atoms with van der Waals surface area (Å²) in [5.41, 5.74) is 3.90. The Morgan fingerprint density at radius 1 is 1.25 bits per heavy atom. The number of halogens is 2. The molecule has 1 aliphatic rings. The van der Waals surface area contributed by atoms with Crippen LogP contribution in [-0.4, -0.2) is 6.61 Å². The van der Waals surface area contributed by atoms with Crippen LogP contribution in [0.5, 0.6) is 5.75 Å². The van der Waals surface area contributed by atoms with Crippen molar-refractivity contribution in [1.82, 2.24) is 5.32 Å². The Kier molecular flexibility index (Phi) is 5.07. The van der Waals surface area contributed by atoms with E-state index in [2.05, 4.69) is 16.1 Å². The maximum absolute atomic E-state index is 12.3. The molecule has 0 heterocycles. The molecule has 1 aliphatic carbocycles. The summed E-state index contributed by atoms with van der Waals surface area (Å²) >= 11 is 0. The second-order valence-electron chi connectivity index (χ2n) is 5.88. The van der Waals surface area contributed by atoms with Crippen LogP contribution in [0.3, 0.4) is 0 Å². The molecule has 3 nitrogen and oxygen atoms in total. The number of rotatable bonds is 5. The highest BCUT2D eigenvalue weighted by atomic mass is 19.3. The van der Waals surface area contributed by atoms with E-state index < -0.39 is 6.61 Å². The first-order valence-corrected chi connectivity index (χ1v) is 7.96. The van der Waals surface area contributed by atoms with E-state index in [0.29, 0.717) is 12.1 Å². The lowest BCUT2D eigenvalue weighted by molar-refractivity contribution is -0.0499. The fourth-order valence-electron chi connectivity index (χ4n) is 3.17. The van der Waals surface area contributed by atoms with Crippen molar-refractivity contribution in [2.45, 2.75) is 38.5 Å². The number of fused-ring (bicyclic) bond motifs is 1. The fourth-order valence-corrected chi connectivity index (χ4v) is 3.17. The summed E-state index contributed by atoms with van der Waals surface area (Å²) in [5.74, 6) is 0.214. The Balaban J connectivity index is 1.71. The zero-order chi connectivity index (χ0) is 16.9. The van der Waals surface area contributed by atoms with E-state index in [-0.39, 0.29) is 11.8 Å². The molecule has 0 saturated carbocycles. The van der Waals surface area contributed by atoms with Gasteiger partial charge in [0.1, 0.15) is 5.75 Å². The molecule has 0 aromatic heterocycles. The second kappa shape index (κ2) is 7.41. The number of nitriles is 1. The standard InChI is InChI=1S/C19H18F2N2O/c20-19(21)24-16-7-8-17-15(10-16)5-2-6-18(17)23-12-14-4-1-3-13(9-14)11-22/h1,3-4,7-10,18-19,23H,2,5-6,12H2. The van der Waals surface area contributed by atoms with Crippen molar-refractivity contribution in [3.63, 3.8) is 0 Å². The van der Waals surface area contributed by atoms with Gasteiger partial charge in [-0.2, -0.15) is 14.0 Å². The molecule has 1 atom stereocenters. The Labute approximate surface area is 139 Å². The van der Waals surface area contributed by atoms with Crippen molar-refractivity contribution in [3.05, 3.63) is 64.7 Å². The van der Waals surface area contributed by atoms with Crippen molar-refractivity contribution >= 4 is 0 Å². The predicted octanol–water partition coefficient (Wildman–Crippen LogP) is 4.33. The van der Waals surface area contributed by atoms with Crippen LogP contribution in [-0.2, 0) is 13.0 Å². The van der Waals surface area contributed by atoms with Gasteiger partial charge >= 0.3 is 6.61 Å². The van der Waals surface area contributed by atoms with Crippen molar-refractivity contribution in [3.8, 4) is 11.8 Å². The first kappa shape index (κ1) is 16.4. The van der Waals surface area contributed by atoms with Crippen molar-refractivity contribution < 1.29 is 13.5 Å². The van der Waals surface area contributed by atoms with Crippen molar-refractivity contribution in [2.75, 3.05) is 0 Å². The predicted molar refractivity (Wildman–Crippen MR) is 86.7 cm³/mol. The molecule has 0 aliphatic heterocycles. The summed E-state index contributed by atoms with van der Waals surface area (Å²) in [6.45, 7) is -2.14. The molecular weight excluding hydrogens is 310 g/mol. The number of nitrogens with zero attached hydrogens (tertiary/aromatic N) is 1. The zero-order valence-corrected chi connectivity index (χ0v) is 13.1. The van der Waals surface area contributed by atoms with Crippen molar-refractivity contribution in [1.29, 1.82) is 5.26 Å². The molecular formula is C19H18F2N2O. The highest BCUT2D eigenvalue weighted by Gasteiger charge is 2.20. The van der Waals surface area contributed by atoms with Crippen LogP contribution in [0.2, 0.25) is 0 Å². The molecule has 1 N–H and O–H groups in total. The minimum atomic E-state index is -2.80. The number of alkyl halides is 2. The van der Waals surface area contributed by atoms with Gasteiger partial charge < -0.3 is 10.1 Å². The Morgan fingerprint density at radius 3 is 2.92 bits per heavy atom. The van der Waals surface area contributed by atoms with Gasteiger partial charge in [0.2, 0.25) is 0 Å². The monoisotopic (exact) mass is 328 g/mol. The van der Waals surface area contributed by atoms with Crippen LogP contribution >= 0.6 is 0 Å². The van der Waals surface area contributed by atoms with Gasteiger partial charge in [-0.1, -0.05) is 18.2 Å². The highest BCUT2D eigenvalue weighted by Crippen LogP contribution is 2.32. The Hall–Kier alpha value is -2.45. The van der Waals surface area contributed by atoms with Gasteiger partial charge in [0.25, 0.3) is 0 Å². The molecule has 0 saturated heterocycles. The quantitative estimate of drug-likeness (QED) is 0.889. The van der Waals surface area contributed by atoms with Crippen LogP contribution in [0.4, 0.5) is 8.78 Å². The summed E-state index contributed by atoms with van der Waals surface area (Å²) < 4.78 is 29.2. The van der Waals surface area contributed by atoms with Gasteiger partial charge in [0.15, 0.2) is 0 Å². The maximum atomic E-state index is 12.3. The summed E-state index contributed by atoms with van der Waals surface area (Å²) in [5, 5.41) is 12.5. The van der Waals surface area contributed by atoms with Crippen LogP contribution < -0.4 is 10.1 Å². The number of benzene rings is 2. The van der Waals surface area contributed by atoms with Gasteiger partial charge in [-0.05, 0) is 60.2 Å². The van der Waals surface area contributed by atoms with Crippen LogP contribution in [0.1, 0.15) is 41.1 Å². The molecule has 3 rings (SSSR count). The third-order valence-electron chi connectivity index (χ3n) is 4.26. The van der Waals surface area contributed by atoms with Crippen LogP contribution in [0, 0.1) is 11.3 Å². The van der Waals surface area contributed by atoms with Crippen LogP contribution in [0.25, 0.3) is 0 Å². The molecule has 0 fully saturated rings. The summed E-state index contributed by atoms with van der Waals surface area (Å²) in [6, 6.07) is 15.0. The number of aryl methyl sites for hydroxylation is 1. The van der Waals surface area contributed by atoms with E-state index in [4.69, 9.17) is 5.26 Å². The van der Waals surface area contributed by atoms with E-state index in [1.165, 1.54) is 0 Å². The molecule has 0 amide bonds. The van der Waals surface area contributed by atoms with E-state index in [0.717, 1.165) is 36.0 Å². The first-order valence-electron chi connectivity index (χ1n) is 7.96. The molecule has 2 aromatic carbocycles. The van der Waals surface area contributed by atoms with Gasteiger partial charge in [-0.3, -0.25) is 0 Å². The number of nitrogens with one attached hydrogen (secondary N) is 1. The summed E-state index contributed by atoms with van der Waals surface area (Å²) in [7, 11) is 0.